The number of para-hydroxylation sites is 2. The highest BCUT2D eigenvalue weighted by Gasteiger charge is 2.40. The molecule has 0 bridgehead atoms. The zero-order valence-corrected chi connectivity index (χ0v) is 43.3. The minimum atomic E-state index is -0.266. The van der Waals surface area contributed by atoms with Gasteiger partial charge in [0.05, 0.1) is 51.6 Å². The van der Waals surface area contributed by atoms with Gasteiger partial charge in [0, 0.05) is 49.1 Å². The number of rotatable bonds is 6. The number of hydrogen-bond acceptors (Lipinski definition) is 4. The van der Waals surface area contributed by atoms with Crippen LogP contribution in [0.1, 0.15) is 55.5 Å². The summed E-state index contributed by atoms with van der Waals surface area (Å²) < 4.78 is 4.70. The molecule has 0 saturated carbocycles. The Morgan fingerprint density at radius 3 is 1.42 bits per heavy atom. The summed E-state index contributed by atoms with van der Waals surface area (Å²) in [5.74, 6) is 1.50. The van der Waals surface area contributed by atoms with E-state index >= 15 is 0 Å². The van der Waals surface area contributed by atoms with Crippen molar-refractivity contribution in [2.75, 3.05) is 0 Å². The molecule has 7 nitrogen and oxygen atoms in total. The van der Waals surface area contributed by atoms with Crippen molar-refractivity contribution in [1.29, 1.82) is 5.26 Å². The van der Waals surface area contributed by atoms with Crippen LogP contribution in [0.5, 0.6) is 0 Å². The average molecular weight is 998 g/mol. The van der Waals surface area contributed by atoms with Gasteiger partial charge in [-0.05, 0) is 110 Å². The van der Waals surface area contributed by atoms with Crippen molar-refractivity contribution < 1.29 is 0 Å². The zero-order chi connectivity index (χ0) is 52.6. The summed E-state index contributed by atoms with van der Waals surface area (Å²) in [5, 5.41) is 15.3. The van der Waals surface area contributed by atoms with Crippen LogP contribution in [0.3, 0.4) is 0 Å². The fourth-order valence-electron chi connectivity index (χ4n) is 13.3. The molecule has 2 aliphatic rings. The van der Waals surface area contributed by atoms with E-state index in [0.717, 1.165) is 72.0 Å². The Balaban J connectivity index is 1.01. The molecular formula is C71H47N7. The van der Waals surface area contributed by atoms with Gasteiger partial charge in [-0.25, -0.2) is 19.8 Å². The number of fused-ring (bicyclic) bond motifs is 14. The van der Waals surface area contributed by atoms with Gasteiger partial charge in [-0.3, -0.25) is 0 Å². The van der Waals surface area contributed by atoms with E-state index in [-0.39, 0.29) is 10.8 Å². The van der Waals surface area contributed by atoms with Crippen LogP contribution in [-0.2, 0) is 10.8 Å². The van der Waals surface area contributed by atoms with E-state index in [1.807, 2.05) is 72.8 Å². The second-order valence-corrected chi connectivity index (χ2v) is 21.7. The summed E-state index contributed by atoms with van der Waals surface area (Å²) in [7, 11) is 0. The second-order valence-electron chi connectivity index (χ2n) is 21.7. The topological polar surface area (TPSA) is 76.7 Å². The predicted octanol–water partition coefficient (Wildman–Crippen LogP) is 17.8. The van der Waals surface area contributed by atoms with Gasteiger partial charge in [-0.1, -0.05) is 185 Å². The lowest BCUT2D eigenvalue weighted by Gasteiger charge is -2.23. The molecule has 0 amide bonds. The third kappa shape index (κ3) is 6.40. The van der Waals surface area contributed by atoms with Gasteiger partial charge in [-0.2, -0.15) is 5.26 Å². The molecule has 0 aliphatic heterocycles. The number of nitriles is 1. The molecule has 78 heavy (non-hydrogen) atoms. The lowest BCUT2D eigenvalue weighted by atomic mass is 9.80. The van der Waals surface area contributed by atoms with Crippen molar-refractivity contribution in [3.63, 3.8) is 0 Å². The smallest absolute Gasteiger partial charge is 0.187 e. The Morgan fingerprint density at radius 2 is 0.872 bits per heavy atom. The van der Waals surface area contributed by atoms with Crippen molar-refractivity contribution in [2.24, 2.45) is 0 Å². The number of benzene rings is 10. The van der Waals surface area contributed by atoms with E-state index in [2.05, 4.69) is 187 Å². The number of nitrogens with zero attached hydrogens (tertiary/aromatic N) is 7. The molecule has 0 spiro atoms. The largest absolute Gasteiger partial charge is 0.308 e. The van der Waals surface area contributed by atoms with Gasteiger partial charge < -0.3 is 9.13 Å². The molecule has 0 atom stereocenters. The second kappa shape index (κ2) is 16.6. The average Bonchev–Trinajstić information content (AvgIpc) is 4.01. The van der Waals surface area contributed by atoms with Gasteiger partial charge in [0.25, 0.3) is 0 Å². The van der Waals surface area contributed by atoms with Gasteiger partial charge in [0.1, 0.15) is 0 Å². The Kier molecular flexibility index (Phi) is 9.65. The first kappa shape index (κ1) is 45.2. The molecule has 3 heterocycles. The lowest BCUT2D eigenvalue weighted by Crippen LogP contribution is -2.15. The maximum Gasteiger partial charge on any atom is 0.187 e. The highest BCUT2D eigenvalue weighted by Crippen LogP contribution is 2.55. The van der Waals surface area contributed by atoms with E-state index < -0.39 is 0 Å². The summed E-state index contributed by atoms with van der Waals surface area (Å²) in [6.07, 6.45) is 0. The predicted molar refractivity (Wildman–Crippen MR) is 316 cm³/mol. The maximum absolute atomic E-state index is 10.6. The molecule has 3 aromatic heterocycles. The highest BCUT2D eigenvalue weighted by molar-refractivity contribution is 6.16. The molecule has 2 aliphatic carbocycles. The van der Waals surface area contributed by atoms with Gasteiger partial charge >= 0.3 is 0 Å². The van der Waals surface area contributed by atoms with Crippen molar-refractivity contribution in [3.05, 3.63) is 252 Å². The number of hydrogen-bond donors (Lipinski definition) is 0. The quantitative estimate of drug-likeness (QED) is 0.156. The van der Waals surface area contributed by atoms with E-state index in [9.17, 15) is 5.26 Å². The van der Waals surface area contributed by atoms with Crippen LogP contribution in [0.2, 0.25) is 0 Å². The molecule has 0 radical (unpaired) electrons. The standard InChI is InChI=1S/C71H47N7/c1-70(2)55-23-13-9-19-47(55)49-35-37-59-63(65(49)70)51-21-11-15-25-57(51)77(59)61-39-42(41-72)27-33-53(61)68-74-67(44-17-7-6-8-18-44)75-69(76-68)54-34-30-45(43-28-31-46(73-5)32-29-43)40-62(54)78-58-26-16-12-22-52(58)64-60(78)38-36-50-48-20-10-14-24-56(48)71(3,4)66(50)64/h6-40H,1-4H3. The molecule has 0 N–H and O–H groups in total. The van der Waals surface area contributed by atoms with E-state index in [0.29, 0.717) is 28.7 Å². The normalized spacial score (nSPS) is 13.6. The lowest BCUT2D eigenvalue weighted by molar-refractivity contribution is 0.666. The Hall–Kier alpha value is -10.2. The number of aromatic nitrogens is 5. The minimum Gasteiger partial charge on any atom is -0.308 e. The van der Waals surface area contributed by atoms with Crippen molar-refractivity contribution in [1.82, 2.24) is 24.1 Å². The first-order valence-electron chi connectivity index (χ1n) is 26.4. The van der Waals surface area contributed by atoms with Crippen LogP contribution in [0.25, 0.3) is 127 Å². The molecule has 366 valence electrons. The molecule has 0 unspecified atom stereocenters. The van der Waals surface area contributed by atoms with E-state index in [1.54, 1.807) is 0 Å². The molecule has 0 fully saturated rings. The van der Waals surface area contributed by atoms with E-state index in [4.69, 9.17) is 21.5 Å². The summed E-state index contributed by atoms with van der Waals surface area (Å²) in [4.78, 5) is 20.1. The SMILES string of the molecule is [C-]#[N+]c1ccc(-c2ccc(-c3nc(-c4ccccc4)nc(-c4ccc(C#N)cc4-n4c5ccccc5c5c6c(ccc54)-c4ccccc4C6(C)C)n3)c(-n3c4ccccc4c4c5c(ccc43)-c3ccccc3C5(C)C)c2)cc1. The fraction of sp³-hybridized carbons (Fsp3) is 0.0845. The molecule has 7 heteroatoms. The van der Waals surface area contributed by atoms with Crippen LogP contribution in [0.4, 0.5) is 5.69 Å². The van der Waals surface area contributed by atoms with Crippen molar-refractivity contribution in [3.8, 4) is 85.0 Å². The monoisotopic (exact) mass is 997 g/mol. The molecule has 15 rings (SSSR count). The first-order valence-corrected chi connectivity index (χ1v) is 26.4. The summed E-state index contributed by atoms with van der Waals surface area (Å²) in [5.41, 5.74) is 21.1. The summed E-state index contributed by atoms with van der Waals surface area (Å²) >= 11 is 0. The third-order valence-electron chi connectivity index (χ3n) is 16.8. The van der Waals surface area contributed by atoms with Crippen LogP contribution in [0, 0.1) is 17.9 Å². The molecule has 10 aromatic carbocycles. The highest BCUT2D eigenvalue weighted by atomic mass is 15.1. The fourth-order valence-corrected chi connectivity index (χ4v) is 13.3. The van der Waals surface area contributed by atoms with E-state index in [1.165, 1.54) is 55.3 Å². The minimum absolute atomic E-state index is 0.264. The van der Waals surface area contributed by atoms with Crippen LogP contribution in [0.15, 0.2) is 212 Å². The van der Waals surface area contributed by atoms with Crippen LogP contribution >= 0.6 is 0 Å². The van der Waals surface area contributed by atoms with Crippen molar-refractivity contribution in [2.45, 2.75) is 38.5 Å². The van der Waals surface area contributed by atoms with Gasteiger partial charge in [0.15, 0.2) is 23.2 Å². The summed E-state index contributed by atoms with van der Waals surface area (Å²) in [6, 6.07) is 76.8. The molecular weight excluding hydrogens is 951 g/mol. The van der Waals surface area contributed by atoms with Crippen molar-refractivity contribution >= 4 is 49.3 Å². The third-order valence-corrected chi connectivity index (χ3v) is 16.8. The van der Waals surface area contributed by atoms with Crippen LogP contribution in [-0.4, -0.2) is 24.1 Å². The van der Waals surface area contributed by atoms with Crippen LogP contribution < -0.4 is 0 Å². The Morgan fingerprint density at radius 1 is 0.410 bits per heavy atom. The molecule has 13 aromatic rings. The molecule has 0 saturated heterocycles. The van der Waals surface area contributed by atoms with Gasteiger partial charge in [-0.15, -0.1) is 0 Å². The Bertz CT molecular complexity index is 4810. The Labute approximate surface area is 451 Å². The maximum atomic E-state index is 10.6. The first-order chi connectivity index (χ1) is 38.1. The zero-order valence-electron chi connectivity index (χ0n) is 43.3. The summed E-state index contributed by atoms with van der Waals surface area (Å²) in [6.45, 7) is 17.1. The van der Waals surface area contributed by atoms with Gasteiger partial charge in [0.2, 0.25) is 0 Å².